The van der Waals surface area contributed by atoms with Gasteiger partial charge in [-0.05, 0) is 53.9 Å². The molecule has 0 radical (unpaired) electrons. The van der Waals surface area contributed by atoms with Gasteiger partial charge in [0.15, 0.2) is 0 Å². The maximum atomic E-state index is 13.1. The van der Waals surface area contributed by atoms with Gasteiger partial charge in [0.1, 0.15) is 6.04 Å². The van der Waals surface area contributed by atoms with Crippen LogP contribution in [0, 0.1) is 0 Å². The molecule has 1 unspecified atom stereocenters. The monoisotopic (exact) mass is 430 g/mol. The van der Waals surface area contributed by atoms with E-state index in [1.54, 1.807) is 12.5 Å². The second-order valence-electron chi connectivity index (χ2n) is 7.18. The largest absolute Gasteiger partial charge is 0.324 e. The minimum absolute atomic E-state index is 0.0994. The molecule has 2 N–H and O–H groups in total. The second-order valence-corrected chi connectivity index (χ2v) is 7.62. The van der Waals surface area contributed by atoms with Gasteiger partial charge >= 0.3 is 0 Å². The van der Waals surface area contributed by atoms with Gasteiger partial charge in [-0.3, -0.25) is 4.79 Å². The molecule has 0 aliphatic heterocycles. The van der Waals surface area contributed by atoms with Crippen molar-refractivity contribution in [2.45, 2.75) is 12.5 Å². The molecular formula is C25H23ClN4O. The van der Waals surface area contributed by atoms with Gasteiger partial charge in [0.2, 0.25) is 5.91 Å². The third kappa shape index (κ3) is 5.60. The van der Waals surface area contributed by atoms with Crippen molar-refractivity contribution in [3.63, 3.8) is 0 Å². The fourth-order valence-electron chi connectivity index (χ4n) is 3.36. The van der Waals surface area contributed by atoms with Gasteiger partial charge < -0.3 is 15.2 Å². The number of hydrogen-bond acceptors (Lipinski definition) is 3. The predicted octanol–water partition coefficient (Wildman–Crippen LogP) is 5.04. The van der Waals surface area contributed by atoms with Crippen LogP contribution in [0.3, 0.4) is 0 Å². The number of carbonyl (C=O) groups is 1. The van der Waals surface area contributed by atoms with Crippen molar-refractivity contribution < 1.29 is 4.79 Å². The summed E-state index contributed by atoms with van der Waals surface area (Å²) in [5, 5.41) is 7.14. The Morgan fingerprint density at radius 1 is 0.968 bits per heavy atom. The molecule has 0 aliphatic carbocycles. The number of nitrogens with one attached hydrogen (secondary N) is 2. The smallest absolute Gasteiger partial charge is 0.246 e. The van der Waals surface area contributed by atoms with Crippen molar-refractivity contribution in [2.75, 3.05) is 11.9 Å². The van der Waals surface area contributed by atoms with Crippen LogP contribution in [0.1, 0.15) is 17.2 Å². The number of imidazole rings is 1. The average molecular weight is 431 g/mol. The lowest BCUT2D eigenvalue weighted by molar-refractivity contribution is -0.118. The molecule has 0 bridgehead atoms. The maximum Gasteiger partial charge on any atom is 0.246 e. The molecule has 1 heterocycles. The summed E-state index contributed by atoms with van der Waals surface area (Å²) in [5.41, 5.74) is 3.82. The van der Waals surface area contributed by atoms with Crippen LogP contribution >= 0.6 is 11.6 Å². The Balaban J connectivity index is 1.43. The summed E-state index contributed by atoms with van der Waals surface area (Å²) in [6, 6.07) is 24.7. The van der Waals surface area contributed by atoms with E-state index in [0.29, 0.717) is 6.54 Å². The van der Waals surface area contributed by atoms with Crippen molar-refractivity contribution in [2.24, 2.45) is 0 Å². The van der Waals surface area contributed by atoms with Crippen molar-refractivity contribution in [3.8, 4) is 5.69 Å². The normalized spacial score (nSPS) is 11.8. The standard InChI is InChI=1S/C25H23ClN4O/c26-21-8-6-19(7-9-21)14-15-28-24(20-4-2-1-3-5-20)25(31)29-22-10-12-23(13-11-22)30-17-16-27-18-30/h1-13,16-18,24,28H,14-15H2,(H,29,31). The molecule has 6 heteroatoms. The molecule has 1 amide bonds. The predicted molar refractivity (Wildman–Crippen MR) is 125 cm³/mol. The quantitative estimate of drug-likeness (QED) is 0.412. The highest BCUT2D eigenvalue weighted by molar-refractivity contribution is 6.30. The number of rotatable bonds is 8. The molecule has 0 spiro atoms. The third-order valence-corrected chi connectivity index (χ3v) is 5.26. The van der Waals surface area contributed by atoms with E-state index in [1.165, 1.54) is 5.56 Å². The number of halogens is 1. The lowest BCUT2D eigenvalue weighted by Gasteiger charge is -2.19. The molecule has 0 aliphatic rings. The summed E-state index contributed by atoms with van der Waals surface area (Å²) >= 11 is 5.96. The molecular weight excluding hydrogens is 408 g/mol. The van der Waals surface area contributed by atoms with E-state index in [2.05, 4.69) is 15.6 Å². The van der Waals surface area contributed by atoms with Gasteiger partial charge in [-0.15, -0.1) is 0 Å². The fourth-order valence-corrected chi connectivity index (χ4v) is 3.49. The Labute approximate surface area is 186 Å². The second kappa shape index (κ2) is 10.1. The number of anilines is 1. The molecule has 0 fully saturated rings. The molecule has 3 aromatic carbocycles. The highest BCUT2D eigenvalue weighted by Crippen LogP contribution is 2.18. The molecule has 1 atom stereocenters. The Kier molecular flexibility index (Phi) is 6.77. The molecule has 1 aromatic heterocycles. The summed E-state index contributed by atoms with van der Waals surface area (Å²) in [5.74, 6) is -0.0994. The number of amides is 1. The van der Waals surface area contributed by atoms with Gasteiger partial charge in [0.05, 0.1) is 6.33 Å². The molecule has 0 saturated carbocycles. The first-order valence-corrected chi connectivity index (χ1v) is 10.5. The van der Waals surface area contributed by atoms with E-state index in [1.807, 2.05) is 89.6 Å². The summed E-state index contributed by atoms with van der Waals surface area (Å²) in [7, 11) is 0. The summed E-state index contributed by atoms with van der Waals surface area (Å²) < 4.78 is 1.91. The third-order valence-electron chi connectivity index (χ3n) is 5.01. The topological polar surface area (TPSA) is 59.0 Å². The molecule has 5 nitrogen and oxygen atoms in total. The summed E-state index contributed by atoms with van der Waals surface area (Å²) in [6.07, 6.45) is 6.15. The Hall–Kier alpha value is -3.41. The van der Waals surface area contributed by atoms with Crippen LogP contribution in [0.4, 0.5) is 5.69 Å². The molecule has 156 valence electrons. The zero-order chi connectivity index (χ0) is 21.5. The maximum absolute atomic E-state index is 13.1. The number of aromatic nitrogens is 2. The summed E-state index contributed by atoms with van der Waals surface area (Å²) in [4.78, 5) is 17.2. The number of benzene rings is 3. The van der Waals surface area contributed by atoms with Gasteiger partial charge in [0, 0.05) is 35.3 Å². The lowest BCUT2D eigenvalue weighted by atomic mass is 10.1. The highest BCUT2D eigenvalue weighted by atomic mass is 35.5. The van der Waals surface area contributed by atoms with Gasteiger partial charge in [-0.1, -0.05) is 54.1 Å². The number of carbonyl (C=O) groups excluding carboxylic acids is 1. The van der Waals surface area contributed by atoms with E-state index in [4.69, 9.17) is 11.6 Å². The Bertz CT molecular complexity index is 1090. The van der Waals surface area contributed by atoms with Crippen LogP contribution in [0.15, 0.2) is 97.6 Å². The van der Waals surface area contributed by atoms with Crippen LogP contribution in [-0.2, 0) is 11.2 Å². The van der Waals surface area contributed by atoms with Gasteiger partial charge in [-0.2, -0.15) is 0 Å². The first kappa shape index (κ1) is 20.8. The molecule has 0 saturated heterocycles. The SMILES string of the molecule is O=C(Nc1ccc(-n2ccnc2)cc1)C(NCCc1ccc(Cl)cc1)c1ccccc1. The Morgan fingerprint density at radius 3 is 2.39 bits per heavy atom. The van der Waals surface area contributed by atoms with E-state index in [0.717, 1.165) is 28.4 Å². The molecule has 4 rings (SSSR count). The van der Waals surface area contributed by atoms with E-state index >= 15 is 0 Å². The van der Waals surface area contributed by atoms with E-state index in [9.17, 15) is 4.79 Å². The minimum atomic E-state index is -0.457. The van der Waals surface area contributed by atoms with Crippen molar-refractivity contribution in [3.05, 3.63) is 114 Å². The average Bonchev–Trinajstić information content (AvgIpc) is 3.34. The van der Waals surface area contributed by atoms with Crippen molar-refractivity contribution in [1.29, 1.82) is 0 Å². The van der Waals surface area contributed by atoms with E-state index in [-0.39, 0.29) is 5.91 Å². The molecule has 31 heavy (non-hydrogen) atoms. The summed E-state index contributed by atoms with van der Waals surface area (Å²) in [6.45, 7) is 0.661. The lowest BCUT2D eigenvalue weighted by Crippen LogP contribution is -2.34. The number of nitrogens with zero attached hydrogens (tertiary/aromatic N) is 2. The van der Waals surface area contributed by atoms with Crippen molar-refractivity contribution >= 4 is 23.2 Å². The van der Waals surface area contributed by atoms with Crippen LogP contribution in [0.5, 0.6) is 0 Å². The van der Waals surface area contributed by atoms with Crippen LogP contribution < -0.4 is 10.6 Å². The van der Waals surface area contributed by atoms with Gasteiger partial charge in [0.25, 0.3) is 0 Å². The number of hydrogen-bond donors (Lipinski definition) is 2. The highest BCUT2D eigenvalue weighted by Gasteiger charge is 2.20. The zero-order valence-corrected chi connectivity index (χ0v) is 17.7. The first-order chi connectivity index (χ1) is 15.2. The molecule has 4 aromatic rings. The van der Waals surface area contributed by atoms with Crippen LogP contribution in [-0.4, -0.2) is 22.0 Å². The minimum Gasteiger partial charge on any atom is -0.324 e. The Morgan fingerprint density at radius 2 is 1.71 bits per heavy atom. The van der Waals surface area contributed by atoms with E-state index < -0.39 is 6.04 Å². The zero-order valence-electron chi connectivity index (χ0n) is 16.9. The van der Waals surface area contributed by atoms with Crippen molar-refractivity contribution in [1.82, 2.24) is 14.9 Å². The first-order valence-electron chi connectivity index (χ1n) is 10.1. The van der Waals surface area contributed by atoms with Gasteiger partial charge in [-0.25, -0.2) is 4.98 Å². The van der Waals surface area contributed by atoms with Crippen LogP contribution in [0.2, 0.25) is 5.02 Å². The fraction of sp³-hybridized carbons (Fsp3) is 0.120. The van der Waals surface area contributed by atoms with Crippen LogP contribution in [0.25, 0.3) is 5.69 Å².